The maximum Gasteiger partial charge on any atom is 0.359 e. The van der Waals surface area contributed by atoms with Gasteiger partial charge in [-0.05, 0) is 19.1 Å². The fraction of sp³-hybridized carbons (Fsp3) is 0.333. The first-order chi connectivity index (χ1) is 9.34. The lowest BCUT2D eigenvalue weighted by Gasteiger charge is -2.25. The van der Waals surface area contributed by atoms with Gasteiger partial charge in [0.05, 0.1) is 12.0 Å². The second-order valence-electron chi connectivity index (χ2n) is 3.99. The van der Waals surface area contributed by atoms with Gasteiger partial charge in [0, 0.05) is 24.8 Å². The van der Waals surface area contributed by atoms with E-state index in [9.17, 15) is 19.7 Å². The lowest BCUT2D eigenvalue weighted by Crippen LogP contribution is -2.54. The van der Waals surface area contributed by atoms with Gasteiger partial charge in [-0.15, -0.1) is 0 Å². The molecule has 1 unspecified atom stereocenters. The quantitative estimate of drug-likeness (QED) is 0.371. The summed E-state index contributed by atoms with van der Waals surface area (Å²) >= 11 is 0. The number of carbonyl (C=O) groups excluding carboxylic acids is 2. The fourth-order valence-electron chi connectivity index (χ4n) is 1.40. The summed E-state index contributed by atoms with van der Waals surface area (Å²) in [5.41, 5.74) is -1.61. The zero-order valence-corrected chi connectivity index (χ0v) is 11.2. The summed E-state index contributed by atoms with van der Waals surface area (Å²) in [5.74, 6) is -1.38. The summed E-state index contributed by atoms with van der Waals surface area (Å²) in [6.07, 6.45) is 0. The molecule has 1 aromatic carbocycles. The van der Waals surface area contributed by atoms with Gasteiger partial charge in [-0.25, -0.2) is 4.79 Å². The minimum absolute atomic E-state index is 0.135. The average Bonchev–Trinajstić information content (AvgIpc) is 2.46. The number of nitro groups is 1. The second-order valence-corrected chi connectivity index (χ2v) is 3.99. The molecular formula is C12H14N2O6. The first kappa shape index (κ1) is 15.6. The van der Waals surface area contributed by atoms with Crippen LogP contribution in [0.4, 0.5) is 5.69 Å². The summed E-state index contributed by atoms with van der Waals surface area (Å²) in [7, 11) is 2.41. The van der Waals surface area contributed by atoms with E-state index in [4.69, 9.17) is 4.74 Å². The molecular weight excluding hydrogens is 268 g/mol. The van der Waals surface area contributed by atoms with Gasteiger partial charge in [-0.2, -0.15) is 0 Å². The van der Waals surface area contributed by atoms with E-state index in [2.05, 4.69) is 10.1 Å². The van der Waals surface area contributed by atoms with Crippen molar-refractivity contribution >= 4 is 17.6 Å². The normalized spacial score (nSPS) is 13.2. The van der Waals surface area contributed by atoms with E-state index in [1.54, 1.807) is 0 Å². The van der Waals surface area contributed by atoms with Gasteiger partial charge in [0.2, 0.25) is 5.72 Å². The van der Waals surface area contributed by atoms with Crippen LogP contribution in [0.5, 0.6) is 0 Å². The van der Waals surface area contributed by atoms with Crippen LogP contribution >= 0.6 is 0 Å². The number of hydrogen-bond acceptors (Lipinski definition) is 6. The Morgan fingerprint density at radius 1 is 1.25 bits per heavy atom. The van der Waals surface area contributed by atoms with Crippen molar-refractivity contribution in [3.8, 4) is 0 Å². The summed E-state index contributed by atoms with van der Waals surface area (Å²) in [6, 6.07) is 4.94. The van der Waals surface area contributed by atoms with Gasteiger partial charge in [-0.3, -0.25) is 14.9 Å². The Morgan fingerprint density at radius 3 is 2.20 bits per heavy atom. The third kappa shape index (κ3) is 3.29. The highest BCUT2D eigenvalue weighted by Crippen LogP contribution is 2.14. The van der Waals surface area contributed by atoms with Crippen LogP contribution in [0.1, 0.15) is 17.3 Å². The predicted octanol–water partition coefficient (Wildman–Crippen LogP) is 0.860. The average molecular weight is 282 g/mol. The zero-order chi connectivity index (χ0) is 15.3. The van der Waals surface area contributed by atoms with Gasteiger partial charge in [0.1, 0.15) is 0 Å². The van der Waals surface area contributed by atoms with Crippen molar-refractivity contribution in [2.45, 2.75) is 12.6 Å². The van der Waals surface area contributed by atoms with Crippen molar-refractivity contribution in [1.82, 2.24) is 5.32 Å². The summed E-state index contributed by atoms with van der Waals surface area (Å²) in [5, 5.41) is 12.9. The molecule has 1 atom stereocenters. The molecule has 0 aliphatic carbocycles. The highest BCUT2D eigenvalue weighted by Gasteiger charge is 2.36. The van der Waals surface area contributed by atoms with Crippen LogP contribution in [0.25, 0.3) is 0 Å². The second kappa shape index (κ2) is 6.11. The Labute approximate surface area is 114 Å². The largest absolute Gasteiger partial charge is 0.465 e. The van der Waals surface area contributed by atoms with E-state index in [0.29, 0.717) is 0 Å². The molecule has 0 heterocycles. The van der Waals surface area contributed by atoms with E-state index < -0.39 is 22.5 Å². The monoisotopic (exact) mass is 282 g/mol. The van der Waals surface area contributed by atoms with E-state index in [0.717, 1.165) is 7.11 Å². The van der Waals surface area contributed by atoms with Crippen LogP contribution in [0, 0.1) is 10.1 Å². The number of amides is 1. The van der Waals surface area contributed by atoms with Gasteiger partial charge >= 0.3 is 5.97 Å². The number of rotatable bonds is 5. The van der Waals surface area contributed by atoms with Gasteiger partial charge in [-0.1, -0.05) is 0 Å². The summed E-state index contributed by atoms with van der Waals surface area (Å²) in [4.78, 5) is 33.4. The first-order valence-corrected chi connectivity index (χ1v) is 5.54. The topological polar surface area (TPSA) is 108 Å². The summed E-state index contributed by atoms with van der Waals surface area (Å²) < 4.78 is 9.46. The van der Waals surface area contributed by atoms with Crippen LogP contribution in [0.2, 0.25) is 0 Å². The molecule has 0 saturated carbocycles. The Bertz CT molecular complexity index is 527. The number of nitrogens with one attached hydrogen (secondary N) is 1. The number of benzene rings is 1. The third-order valence-corrected chi connectivity index (χ3v) is 2.68. The number of nitrogens with zero attached hydrogens (tertiary/aromatic N) is 1. The predicted molar refractivity (Wildman–Crippen MR) is 68.0 cm³/mol. The molecule has 0 aliphatic rings. The number of carbonyl (C=O) groups is 2. The molecule has 108 valence electrons. The van der Waals surface area contributed by atoms with Crippen LogP contribution in [0.15, 0.2) is 24.3 Å². The lowest BCUT2D eigenvalue weighted by atomic mass is 10.1. The Balaban J connectivity index is 2.90. The maximum absolute atomic E-state index is 12.0. The highest BCUT2D eigenvalue weighted by atomic mass is 16.6. The van der Waals surface area contributed by atoms with Gasteiger partial charge in [0.15, 0.2) is 0 Å². The number of hydrogen-bond donors (Lipinski definition) is 1. The molecule has 20 heavy (non-hydrogen) atoms. The van der Waals surface area contributed by atoms with Crippen LogP contribution in [-0.4, -0.2) is 36.7 Å². The maximum atomic E-state index is 12.0. The standard InChI is InChI=1S/C12H14N2O6/c1-12(20-3,11(16)19-2)13-10(15)8-4-6-9(7-5-8)14(17)18/h4-7H,1-3H3,(H,13,15). The fourth-order valence-corrected chi connectivity index (χ4v) is 1.40. The molecule has 0 aliphatic heterocycles. The molecule has 1 N–H and O–H groups in total. The molecule has 0 bridgehead atoms. The van der Waals surface area contributed by atoms with E-state index in [-0.39, 0.29) is 11.3 Å². The molecule has 0 fully saturated rings. The van der Waals surface area contributed by atoms with Gasteiger partial charge in [0.25, 0.3) is 11.6 Å². The van der Waals surface area contributed by atoms with Crippen molar-refractivity contribution in [2.24, 2.45) is 0 Å². The number of ether oxygens (including phenoxy) is 2. The van der Waals surface area contributed by atoms with Crippen LogP contribution in [-0.2, 0) is 14.3 Å². The first-order valence-electron chi connectivity index (χ1n) is 5.54. The number of methoxy groups -OCH3 is 2. The van der Waals surface area contributed by atoms with E-state index >= 15 is 0 Å². The number of non-ortho nitro benzene ring substituents is 1. The lowest BCUT2D eigenvalue weighted by molar-refractivity contribution is -0.384. The van der Waals surface area contributed by atoms with Gasteiger partial charge < -0.3 is 14.8 Å². The van der Waals surface area contributed by atoms with Crippen molar-refractivity contribution in [3.05, 3.63) is 39.9 Å². The third-order valence-electron chi connectivity index (χ3n) is 2.68. The van der Waals surface area contributed by atoms with Crippen LogP contribution < -0.4 is 5.32 Å². The van der Waals surface area contributed by atoms with Crippen molar-refractivity contribution in [3.63, 3.8) is 0 Å². The Morgan fingerprint density at radius 2 is 1.80 bits per heavy atom. The molecule has 1 aromatic rings. The summed E-state index contributed by atoms with van der Waals surface area (Å²) in [6.45, 7) is 1.34. The molecule has 8 nitrogen and oxygen atoms in total. The SMILES string of the molecule is COC(=O)C(C)(NC(=O)c1ccc([N+](=O)[O-])cc1)OC. The zero-order valence-electron chi connectivity index (χ0n) is 11.2. The molecule has 0 saturated heterocycles. The Kier molecular flexibility index (Phi) is 4.76. The van der Waals surface area contributed by atoms with Crippen molar-refractivity contribution in [2.75, 3.05) is 14.2 Å². The van der Waals surface area contributed by atoms with E-state index in [1.165, 1.54) is 38.3 Å². The number of esters is 1. The van der Waals surface area contributed by atoms with Crippen molar-refractivity contribution < 1.29 is 24.0 Å². The molecule has 0 spiro atoms. The number of nitro benzene ring substituents is 1. The minimum Gasteiger partial charge on any atom is -0.465 e. The molecule has 1 amide bonds. The van der Waals surface area contributed by atoms with Crippen molar-refractivity contribution in [1.29, 1.82) is 0 Å². The minimum atomic E-state index is -1.63. The van der Waals surface area contributed by atoms with E-state index in [1.807, 2.05) is 0 Å². The molecule has 8 heteroatoms. The molecule has 0 radical (unpaired) electrons. The van der Waals surface area contributed by atoms with Crippen LogP contribution in [0.3, 0.4) is 0 Å². The molecule has 0 aromatic heterocycles. The smallest absolute Gasteiger partial charge is 0.359 e. The molecule has 1 rings (SSSR count). The Hall–Kier alpha value is -2.48. The highest BCUT2D eigenvalue weighted by molar-refractivity contribution is 5.97.